The Balaban J connectivity index is 0.000000225. The molecular formula is C48H64BP. The molecule has 0 radical (unpaired) electrons. The average molecular weight is 683 g/mol. The third-order valence-corrected chi connectivity index (χ3v) is 15.7. The fourth-order valence-corrected chi connectivity index (χ4v) is 12.8. The summed E-state index contributed by atoms with van der Waals surface area (Å²) in [6, 6.07) is 55.2. The van der Waals surface area contributed by atoms with Crippen molar-refractivity contribution < 1.29 is 0 Å². The normalized spacial score (nSPS) is 11.5. The highest BCUT2D eigenvalue weighted by molar-refractivity contribution is 7.82. The molecule has 0 saturated carbocycles. The number of benzene rings is 5. The van der Waals surface area contributed by atoms with Crippen molar-refractivity contribution in [3.8, 4) is 0 Å². The second-order valence-electron chi connectivity index (χ2n) is 14.3. The molecule has 0 nitrogen and oxygen atoms in total. The maximum Gasteiger partial charge on any atom is 0.108 e. The zero-order valence-electron chi connectivity index (χ0n) is 31.6. The number of hydrogen-bond donors (Lipinski definition) is 0. The first kappa shape index (κ1) is 39.4. The van der Waals surface area contributed by atoms with E-state index in [2.05, 4.69) is 172 Å². The zero-order chi connectivity index (χ0) is 35.2. The molecular weight excluding hydrogens is 618 g/mol. The fraction of sp³-hybridized carbons (Fsp3) is 0.375. The molecule has 0 atom stereocenters. The Labute approximate surface area is 307 Å². The third kappa shape index (κ3) is 11.0. The summed E-state index contributed by atoms with van der Waals surface area (Å²) in [4.78, 5) is 0. The molecule has 0 unspecified atom stereocenters. The van der Waals surface area contributed by atoms with Crippen molar-refractivity contribution in [1.29, 1.82) is 0 Å². The summed E-state index contributed by atoms with van der Waals surface area (Å²) in [5.41, 5.74) is 5.36. The predicted octanol–water partition coefficient (Wildman–Crippen LogP) is 11.1. The molecule has 5 rings (SSSR count). The van der Waals surface area contributed by atoms with Gasteiger partial charge in [-0.3, -0.25) is 0 Å². The second kappa shape index (κ2) is 22.4. The van der Waals surface area contributed by atoms with E-state index in [1.54, 1.807) is 5.30 Å². The number of rotatable bonds is 20. The van der Waals surface area contributed by atoms with E-state index in [0.29, 0.717) is 0 Å². The van der Waals surface area contributed by atoms with Crippen molar-refractivity contribution in [3.63, 3.8) is 0 Å². The summed E-state index contributed by atoms with van der Waals surface area (Å²) < 4.78 is 0. The summed E-state index contributed by atoms with van der Waals surface area (Å²) in [5.74, 6) is 0. The van der Waals surface area contributed by atoms with E-state index in [9.17, 15) is 0 Å². The van der Waals surface area contributed by atoms with Gasteiger partial charge in [-0.2, -0.15) is 21.9 Å². The van der Waals surface area contributed by atoms with Crippen LogP contribution in [0.5, 0.6) is 0 Å². The van der Waals surface area contributed by atoms with E-state index in [-0.39, 0.29) is 0 Å². The van der Waals surface area contributed by atoms with E-state index in [1.807, 2.05) is 0 Å². The fourth-order valence-electron chi connectivity index (χ4n) is 8.11. The second-order valence-corrected chi connectivity index (χ2v) is 18.5. The van der Waals surface area contributed by atoms with Crippen LogP contribution in [0, 0.1) is 0 Å². The highest BCUT2D eigenvalue weighted by atomic mass is 31.2. The molecule has 5 aromatic carbocycles. The Morgan fingerprint density at radius 1 is 0.320 bits per heavy atom. The smallest absolute Gasteiger partial charge is 0.108 e. The topological polar surface area (TPSA) is 0 Å². The number of hydrogen-bond acceptors (Lipinski definition) is 0. The van der Waals surface area contributed by atoms with Gasteiger partial charge in [0.25, 0.3) is 0 Å². The van der Waals surface area contributed by atoms with Gasteiger partial charge in [0, 0.05) is 7.26 Å². The molecule has 0 aromatic heterocycles. The summed E-state index contributed by atoms with van der Waals surface area (Å²) in [6.07, 6.45) is 20.3. The molecule has 0 saturated heterocycles. The minimum Gasteiger partial charge on any atom is -0.195 e. The van der Waals surface area contributed by atoms with Crippen LogP contribution >= 0.6 is 7.26 Å². The maximum absolute atomic E-state index is 2.47. The monoisotopic (exact) mass is 682 g/mol. The van der Waals surface area contributed by atoms with E-state index in [1.165, 1.54) is 117 Å². The molecule has 0 aliphatic heterocycles. The molecule has 50 heavy (non-hydrogen) atoms. The Hall–Kier alpha value is -3.41. The molecule has 0 N–H and O–H groups in total. The largest absolute Gasteiger partial charge is 0.195 e. The first-order chi connectivity index (χ1) is 24.7. The van der Waals surface area contributed by atoms with Gasteiger partial charge in [-0.05, 0) is 50.7 Å². The van der Waals surface area contributed by atoms with Gasteiger partial charge in [0.15, 0.2) is 0 Å². The third-order valence-electron chi connectivity index (χ3n) is 10.8. The standard InChI is InChI=1S/C24H20B.C24H44P/c1-5-13-21(14-6-1)25(22-15-7-2-8-16-22,23-17-9-3-10-18-23)24-19-11-4-12-20-24;1-4-7-10-16-21-25(22-17-11-8-5-2,23-18-12-9-6-3)24-19-14-13-15-20-24/h1-20H;13-15,19-20H,4-12,16-18,21-23H2,1-3H3/q-1;+1. The summed E-state index contributed by atoms with van der Waals surface area (Å²) >= 11 is 0. The van der Waals surface area contributed by atoms with Gasteiger partial charge in [0.1, 0.15) is 6.15 Å². The van der Waals surface area contributed by atoms with Gasteiger partial charge in [-0.1, -0.05) is 199 Å². The molecule has 5 aromatic rings. The molecule has 0 spiro atoms. The van der Waals surface area contributed by atoms with Crippen LogP contribution in [0.3, 0.4) is 0 Å². The van der Waals surface area contributed by atoms with Crippen molar-refractivity contribution in [2.24, 2.45) is 0 Å². The molecule has 0 heterocycles. The molecule has 0 fully saturated rings. The molecule has 0 bridgehead atoms. The quantitative estimate of drug-likeness (QED) is 0.0435. The lowest BCUT2D eigenvalue weighted by molar-refractivity contribution is 0.685. The van der Waals surface area contributed by atoms with Crippen molar-refractivity contribution in [1.82, 2.24) is 0 Å². The van der Waals surface area contributed by atoms with Crippen molar-refractivity contribution in [2.75, 3.05) is 18.5 Å². The summed E-state index contributed by atoms with van der Waals surface area (Å²) in [7, 11) is -0.969. The summed E-state index contributed by atoms with van der Waals surface area (Å²) in [5, 5.41) is 1.74. The van der Waals surface area contributed by atoms with Crippen LogP contribution in [0.25, 0.3) is 0 Å². The Morgan fingerprint density at radius 3 is 0.840 bits per heavy atom. The lowest BCUT2D eigenvalue weighted by atomic mass is 9.13. The molecule has 264 valence electrons. The van der Waals surface area contributed by atoms with Gasteiger partial charge >= 0.3 is 0 Å². The minimum atomic E-state index is -1.22. The minimum absolute atomic E-state index is 0.969. The van der Waals surface area contributed by atoms with E-state index in [4.69, 9.17) is 0 Å². The highest BCUT2D eigenvalue weighted by Gasteiger charge is 2.38. The van der Waals surface area contributed by atoms with Gasteiger partial charge < -0.3 is 0 Å². The molecule has 0 amide bonds. The van der Waals surface area contributed by atoms with E-state index < -0.39 is 13.4 Å². The molecule has 0 aliphatic carbocycles. The Kier molecular flexibility index (Phi) is 17.7. The SMILES string of the molecule is CCCCCC[P+](CCCCCC)(CCCCCC)c1ccccc1.c1ccc([B-](c2ccccc2)(c2ccccc2)c2ccccc2)cc1. The van der Waals surface area contributed by atoms with Gasteiger partial charge in [0.2, 0.25) is 0 Å². The first-order valence-electron chi connectivity index (χ1n) is 20.0. The average Bonchev–Trinajstić information content (AvgIpc) is 3.19. The molecule has 0 aliphatic rings. The van der Waals surface area contributed by atoms with Gasteiger partial charge in [-0.15, -0.1) is 0 Å². The first-order valence-corrected chi connectivity index (χ1v) is 22.3. The Bertz CT molecular complexity index is 1340. The Morgan fingerprint density at radius 2 is 0.580 bits per heavy atom. The van der Waals surface area contributed by atoms with Gasteiger partial charge in [-0.25, -0.2) is 0 Å². The number of unbranched alkanes of at least 4 members (excludes halogenated alkanes) is 9. The van der Waals surface area contributed by atoms with Crippen molar-refractivity contribution in [2.45, 2.75) is 97.8 Å². The lowest BCUT2D eigenvalue weighted by Gasteiger charge is -2.44. The van der Waals surface area contributed by atoms with Crippen LogP contribution in [0.15, 0.2) is 152 Å². The van der Waals surface area contributed by atoms with Crippen LogP contribution in [-0.2, 0) is 0 Å². The zero-order valence-corrected chi connectivity index (χ0v) is 32.5. The van der Waals surface area contributed by atoms with Crippen LogP contribution in [0.4, 0.5) is 0 Å². The molecule has 2 heteroatoms. The summed E-state index contributed by atoms with van der Waals surface area (Å²) in [6.45, 7) is 6.99. The van der Waals surface area contributed by atoms with Crippen molar-refractivity contribution >= 4 is 40.6 Å². The van der Waals surface area contributed by atoms with Gasteiger partial charge in [0.05, 0.1) is 23.8 Å². The maximum atomic E-state index is 2.47. The van der Waals surface area contributed by atoms with Crippen LogP contribution in [0.2, 0.25) is 0 Å². The van der Waals surface area contributed by atoms with Crippen molar-refractivity contribution in [3.05, 3.63) is 152 Å². The highest BCUT2D eigenvalue weighted by Crippen LogP contribution is 2.59. The predicted molar refractivity (Wildman–Crippen MR) is 230 cm³/mol. The van der Waals surface area contributed by atoms with Crippen LogP contribution in [0.1, 0.15) is 97.8 Å². The van der Waals surface area contributed by atoms with Crippen LogP contribution in [-0.4, -0.2) is 24.6 Å². The van der Waals surface area contributed by atoms with E-state index >= 15 is 0 Å². The van der Waals surface area contributed by atoms with E-state index in [0.717, 1.165) is 0 Å². The lowest BCUT2D eigenvalue weighted by Crippen LogP contribution is -2.74. The van der Waals surface area contributed by atoms with Crippen LogP contribution < -0.4 is 27.2 Å².